The maximum atomic E-state index is 11.8. The van der Waals surface area contributed by atoms with Crippen molar-refractivity contribution in [2.75, 3.05) is 6.54 Å². The number of aromatic nitrogens is 2. The minimum absolute atomic E-state index is 0.0233. The number of nitrogens with one attached hydrogen (secondary N) is 1. The Bertz CT molecular complexity index is 638. The van der Waals surface area contributed by atoms with Crippen molar-refractivity contribution in [3.8, 4) is 0 Å². The molecule has 4 rings (SSSR count). The van der Waals surface area contributed by atoms with Crippen LogP contribution in [0.25, 0.3) is 11.0 Å². The SMILES string of the molecule is O=C1NC[C@H]2C[C@@H]1c1cc3nccnc3cc12. The van der Waals surface area contributed by atoms with Crippen LogP contribution in [0.15, 0.2) is 24.5 Å². The Morgan fingerprint density at radius 3 is 2.59 bits per heavy atom. The molecule has 2 bridgehead atoms. The predicted molar refractivity (Wildman–Crippen MR) is 62.6 cm³/mol. The molecule has 17 heavy (non-hydrogen) atoms. The summed E-state index contributed by atoms with van der Waals surface area (Å²) in [7, 11) is 0. The van der Waals surface area contributed by atoms with Gasteiger partial charge in [-0.05, 0) is 29.7 Å². The van der Waals surface area contributed by atoms with Crippen LogP contribution < -0.4 is 5.32 Å². The van der Waals surface area contributed by atoms with E-state index in [2.05, 4.69) is 21.4 Å². The molecule has 1 N–H and O–H groups in total. The Hall–Kier alpha value is -1.97. The Labute approximate surface area is 98.1 Å². The number of hydrogen-bond acceptors (Lipinski definition) is 3. The van der Waals surface area contributed by atoms with Crippen LogP contribution in [0.2, 0.25) is 0 Å². The lowest BCUT2D eigenvalue weighted by atomic mass is 9.97. The normalized spacial score (nSPS) is 25.8. The van der Waals surface area contributed by atoms with E-state index < -0.39 is 0 Å². The fourth-order valence-corrected chi connectivity index (χ4v) is 3.03. The fraction of sp³-hybridized carbons (Fsp3) is 0.308. The van der Waals surface area contributed by atoms with E-state index in [9.17, 15) is 4.79 Å². The third kappa shape index (κ3) is 1.15. The van der Waals surface area contributed by atoms with E-state index in [1.165, 1.54) is 5.56 Å². The second kappa shape index (κ2) is 3.03. The van der Waals surface area contributed by atoms with Gasteiger partial charge in [-0.15, -0.1) is 0 Å². The van der Waals surface area contributed by atoms with Crippen LogP contribution in [0.3, 0.4) is 0 Å². The first kappa shape index (κ1) is 9.10. The first-order valence-electron chi connectivity index (χ1n) is 5.85. The lowest BCUT2D eigenvalue weighted by molar-refractivity contribution is -0.123. The van der Waals surface area contributed by atoms with Crippen molar-refractivity contribution in [1.82, 2.24) is 15.3 Å². The highest BCUT2D eigenvalue weighted by Gasteiger charge is 2.39. The highest BCUT2D eigenvalue weighted by Crippen LogP contribution is 2.44. The van der Waals surface area contributed by atoms with Crippen LogP contribution in [0.1, 0.15) is 29.4 Å². The van der Waals surface area contributed by atoms with Crippen molar-refractivity contribution >= 4 is 16.9 Å². The van der Waals surface area contributed by atoms with Crippen molar-refractivity contribution < 1.29 is 4.79 Å². The molecule has 84 valence electrons. The number of piperidine rings is 1. The van der Waals surface area contributed by atoms with Crippen molar-refractivity contribution in [3.05, 3.63) is 35.7 Å². The van der Waals surface area contributed by atoms with Crippen LogP contribution in [0.5, 0.6) is 0 Å². The van der Waals surface area contributed by atoms with Gasteiger partial charge >= 0.3 is 0 Å². The summed E-state index contributed by atoms with van der Waals surface area (Å²) in [6, 6.07) is 4.13. The second-order valence-electron chi connectivity index (χ2n) is 4.76. The molecular formula is C13H11N3O. The topological polar surface area (TPSA) is 54.9 Å². The molecule has 2 aromatic rings. The predicted octanol–water partition coefficient (Wildman–Crippen LogP) is 1.33. The highest BCUT2D eigenvalue weighted by molar-refractivity contribution is 5.89. The van der Waals surface area contributed by atoms with Crippen molar-refractivity contribution in [2.45, 2.75) is 18.3 Å². The van der Waals surface area contributed by atoms with Crippen molar-refractivity contribution in [1.29, 1.82) is 0 Å². The van der Waals surface area contributed by atoms with Crippen LogP contribution in [0.4, 0.5) is 0 Å². The Balaban J connectivity index is 2.02. The third-order valence-corrected chi connectivity index (χ3v) is 3.85. The van der Waals surface area contributed by atoms with E-state index in [0.29, 0.717) is 5.92 Å². The van der Waals surface area contributed by atoms with Gasteiger partial charge in [-0.3, -0.25) is 14.8 Å². The molecule has 4 nitrogen and oxygen atoms in total. The summed E-state index contributed by atoms with van der Waals surface area (Å²) >= 11 is 0. The van der Waals surface area contributed by atoms with Gasteiger partial charge in [-0.25, -0.2) is 0 Å². The number of carbonyl (C=O) groups excluding carboxylic acids is 1. The molecule has 1 fully saturated rings. The zero-order valence-electron chi connectivity index (χ0n) is 9.18. The average Bonchev–Trinajstić information content (AvgIpc) is 2.66. The Morgan fingerprint density at radius 2 is 1.82 bits per heavy atom. The minimum Gasteiger partial charge on any atom is -0.355 e. The summed E-state index contributed by atoms with van der Waals surface area (Å²) < 4.78 is 0. The molecule has 0 radical (unpaired) electrons. The Kier molecular flexibility index (Phi) is 1.62. The van der Waals surface area contributed by atoms with Crippen LogP contribution in [-0.4, -0.2) is 22.4 Å². The highest BCUT2D eigenvalue weighted by atomic mass is 16.2. The molecule has 1 aromatic carbocycles. The van der Waals surface area contributed by atoms with Gasteiger partial charge in [0.25, 0.3) is 0 Å². The fourth-order valence-electron chi connectivity index (χ4n) is 3.03. The molecular weight excluding hydrogens is 214 g/mol. The number of amides is 1. The quantitative estimate of drug-likeness (QED) is 0.736. The lowest BCUT2D eigenvalue weighted by Crippen LogP contribution is -2.34. The van der Waals surface area contributed by atoms with Crippen molar-refractivity contribution in [3.63, 3.8) is 0 Å². The summed E-state index contributed by atoms with van der Waals surface area (Å²) in [4.78, 5) is 20.4. The summed E-state index contributed by atoms with van der Waals surface area (Å²) in [6.07, 6.45) is 4.34. The van der Waals surface area contributed by atoms with Gasteiger partial charge in [0.05, 0.1) is 17.0 Å². The third-order valence-electron chi connectivity index (χ3n) is 3.85. The Morgan fingerprint density at radius 1 is 1.12 bits per heavy atom. The van der Waals surface area contributed by atoms with E-state index in [1.54, 1.807) is 12.4 Å². The molecule has 0 unspecified atom stereocenters. The molecule has 4 heteroatoms. The molecule has 0 saturated carbocycles. The number of benzene rings is 1. The van der Waals surface area contributed by atoms with Gasteiger partial charge in [0.15, 0.2) is 0 Å². The molecule has 1 aromatic heterocycles. The number of fused-ring (bicyclic) bond motifs is 6. The maximum Gasteiger partial charge on any atom is 0.227 e. The molecule has 1 amide bonds. The number of nitrogens with zero attached hydrogens (tertiary/aromatic N) is 2. The van der Waals surface area contributed by atoms with E-state index in [4.69, 9.17) is 0 Å². The molecule has 1 saturated heterocycles. The largest absolute Gasteiger partial charge is 0.355 e. The molecule has 2 aliphatic rings. The number of hydrogen-bond donors (Lipinski definition) is 1. The minimum atomic E-state index is 0.0233. The van der Waals surface area contributed by atoms with Crippen LogP contribution in [0, 0.1) is 0 Å². The van der Waals surface area contributed by atoms with Crippen LogP contribution >= 0.6 is 0 Å². The van der Waals surface area contributed by atoms with Gasteiger partial charge < -0.3 is 5.32 Å². The monoisotopic (exact) mass is 225 g/mol. The summed E-state index contributed by atoms with van der Waals surface area (Å²) in [5.41, 5.74) is 4.23. The van der Waals surface area contributed by atoms with Gasteiger partial charge in [0.2, 0.25) is 5.91 Å². The maximum absolute atomic E-state index is 11.8. The first-order valence-corrected chi connectivity index (χ1v) is 5.85. The van der Waals surface area contributed by atoms with Gasteiger partial charge in [-0.1, -0.05) is 0 Å². The van der Waals surface area contributed by atoms with E-state index in [1.807, 2.05) is 6.07 Å². The average molecular weight is 225 g/mol. The van der Waals surface area contributed by atoms with Crippen LogP contribution in [-0.2, 0) is 4.79 Å². The molecule has 1 aliphatic heterocycles. The second-order valence-corrected chi connectivity index (χ2v) is 4.76. The van der Waals surface area contributed by atoms with Gasteiger partial charge in [0, 0.05) is 24.9 Å². The molecule has 2 atom stereocenters. The zero-order valence-corrected chi connectivity index (χ0v) is 9.18. The summed E-state index contributed by atoms with van der Waals surface area (Å²) in [5, 5.41) is 2.97. The molecule has 2 heterocycles. The van der Waals surface area contributed by atoms with E-state index in [-0.39, 0.29) is 11.8 Å². The smallest absolute Gasteiger partial charge is 0.227 e. The molecule has 1 aliphatic carbocycles. The molecule has 0 spiro atoms. The van der Waals surface area contributed by atoms with Crippen molar-refractivity contribution in [2.24, 2.45) is 0 Å². The summed E-state index contributed by atoms with van der Waals surface area (Å²) in [6.45, 7) is 0.758. The lowest BCUT2D eigenvalue weighted by Gasteiger charge is -2.19. The van der Waals surface area contributed by atoms with E-state index >= 15 is 0 Å². The van der Waals surface area contributed by atoms with Gasteiger partial charge in [0.1, 0.15) is 0 Å². The standard InChI is InChI=1S/C13H11N3O/c17-13-10-3-7(6-16-13)8-4-11-12(5-9(8)10)15-2-1-14-11/h1-2,4-5,7,10H,3,6H2,(H,16,17)/t7-,10-/m1/s1. The summed E-state index contributed by atoms with van der Waals surface area (Å²) in [5.74, 6) is 0.637. The van der Waals surface area contributed by atoms with E-state index in [0.717, 1.165) is 29.6 Å². The zero-order chi connectivity index (χ0) is 11.4. The number of carbonyl (C=O) groups is 1. The first-order chi connectivity index (χ1) is 8.33. The van der Waals surface area contributed by atoms with Gasteiger partial charge in [-0.2, -0.15) is 0 Å². The number of rotatable bonds is 0.